The van der Waals surface area contributed by atoms with Gasteiger partial charge in [0.25, 0.3) is 0 Å². The number of carbonyl (C=O) groups is 3. The number of rotatable bonds is 5. The average molecular weight is 586 g/mol. The van der Waals surface area contributed by atoms with Crippen molar-refractivity contribution < 1.29 is 14.4 Å². The zero-order valence-corrected chi connectivity index (χ0v) is 25.1. The topological polar surface area (TPSA) is 54.5 Å². The average Bonchev–Trinajstić information content (AvgIpc) is 3.59. The Kier molecular flexibility index (Phi) is 5.95. The molecule has 4 heteroatoms. The molecule has 0 aromatic heterocycles. The van der Waals surface area contributed by atoms with Gasteiger partial charge in [0.15, 0.2) is 5.78 Å². The number of carbonyl (C=O) groups excluding carboxylic acids is 3. The molecule has 0 spiro atoms. The lowest BCUT2D eigenvalue weighted by molar-refractivity contribution is -0.130. The van der Waals surface area contributed by atoms with Gasteiger partial charge in [0.1, 0.15) is 0 Å². The molecule has 1 aliphatic heterocycles. The molecule has 45 heavy (non-hydrogen) atoms. The number of anilines is 1. The van der Waals surface area contributed by atoms with Gasteiger partial charge in [-0.25, -0.2) is 4.90 Å². The molecular formula is C41H31NO3. The van der Waals surface area contributed by atoms with Crippen molar-refractivity contribution in [3.63, 3.8) is 0 Å². The lowest BCUT2D eigenvalue weighted by Gasteiger charge is -2.39. The molecule has 4 nitrogen and oxygen atoms in total. The van der Waals surface area contributed by atoms with Crippen molar-refractivity contribution in [1.29, 1.82) is 0 Å². The van der Waals surface area contributed by atoms with Crippen molar-refractivity contribution in [1.82, 2.24) is 0 Å². The molecule has 0 N–H and O–H groups in total. The molecule has 2 aliphatic carbocycles. The minimum absolute atomic E-state index is 0.108. The van der Waals surface area contributed by atoms with E-state index in [0.717, 1.165) is 44.5 Å². The van der Waals surface area contributed by atoms with Gasteiger partial charge >= 0.3 is 0 Å². The van der Waals surface area contributed by atoms with Crippen molar-refractivity contribution in [3.8, 4) is 0 Å². The van der Waals surface area contributed by atoms with E-state index in [9.17, 15) is 9.59 Å². The molecular weight excluding hydrogens is 554 g/mol. The quantitative estimate of drug-likeness (QED) is 0.201. The van der Waals surface area contributed by atoms with Gasteiger partial charge in [-0.2, -0.15) is 0 Å². The second-order valence-electron chi connectivity index (χ2n) is 12.5. The number of fused-ring (bicyclic) bond motifs is 5. The number of hydrogen-bond donors (Lipinski definition) is 0. The molecule has 8 rings (SSSR count). The smallest absolute Gasteiger partial charge is 0.239 e. The molecule has 2 bridgehead atoms. The maximum absolute atomic E-state index is 15.9. The summed E-state index contributed by atoms with van der Waals surface area (Å²) in [6, 6.07) is 44.9. The number of hydrogen-bond acceptors (Lipinski definition) is 3. The van der Waals surface area contributed by atoms with Crippen LogP contribution in [0.2, 0.25) is 0 Å². The Morgan fingerprint density at radius 3 is 1.20 bits per heavy atom. The van der Waals surface area contributed by atoms with Gasteiger partial charge in [0.05, 0.1) is 28.4 Å². The Hall–Kier alpha value is -5.35. The highest BCUT2D eigenvalue weighted by atomic mass is 16.2. The lowest BCUT2D eigenvalue weighted by Crippen LogP contribution is -2.45. The molecule has 5 aromatic carbocycles. The first-order valence-corrected chi connectivity index (χ1v) is 15.4. The van der Waals surface area contributed by atoms with Crippen LogP contribution in [0.1, 0.15) is 33.4 Å². The Balaban J connectivity index is 1.57. The Morgan fingerprint density at radius 1 is 0.467 bits per heavy atom. The summed E-state index contributed by atoms with van der Waals surface area (Å²) in [5, 5.41) is 0. The molecule has 5 aromatic rings. The van der Waals surface area contributed by atoms with Crippen LogP contribution in [0.15, 0.2) is 140 Å². The van der Waals surface area contributed by atoms with Crippen molar-refractivity contribution in [2.75, 3.05) is 4.90 Å². The van der Waals surface area contributed by atoms with E-state index in [1.807, 2.05) is 92.7 Å². The van der Waals surface area contributed by atoms with E-state index < -0.39 is 22.7 Å². The monoisotopic (exact) mass is 585 g/mol. The summed E-state index contributed by atoms with van der Waals surface area (Å²) in [5.41, 5.74) is 4.76. The molecule has 218 valence electrons. The Morgan fingerprint density at radius 2 is 0.822 bits per heavy atom. The summed E-state index contributed by atoms with van der Waals surface area (Å²) in [4.78, 5) is 47.1. The van der Waals surface area contributed by atoms with Crippen LogP contribution in [-0.4, -0.2) is 17.6 Å². The molecule has 0 radical (unpaired) electrons. The maximum Gasteiger partial charge on any atom is 0.239 e. The van der Waals surface area contributed by atoms with Gasteiger partial charge in [0, 0.05) is 0 Å². The second kappa shape index (κ2) is 9.83. The zero-order chi connectivity index (χ0) is 30.9. The van der Waals surface area contributed by atoms with Gasteiger partial charge in [-0.15, -0.1) is 0 Å². The first-order chi connectivity index (χ1) is 21.9. The minimum Gasteiger partial charge on any atom is -0.297 e. The molecule has 3 aliphatic rings. The number of imide groups is 1. The number of para-hydroxylation sites is 1. The van der Waals surface area contributed by atoms with Gasteiger partial charge in [-0.3, -0.25) is 14.4 Å². The van der Waals surface area contributed by atoms with Gasteiger partial charge in [-0.05, 0) is 59.4 Å². The number of nitrogens with zero attached hydrogens (tertiary/aromatic N) is 1. The maximum atomic E-state index is 15.9. The molecule has 1 heterocycles. The first kappa shape index (κ1) is 27.2. The van der Waals surface area contributed by atoms with Crippen LogP contribution in [0.3, 0.4) is 0 Å². The number of aryl methyl sites for hydroxylation is 2. The number of Topliss-reactive ketones (excluding diaryl/α,β-unsaturated/α-hetero) is 1. The fourth-order valence-electron chi connectivity index (χ4n) is 8.40. The molecule has 2 fully saturated rings. The first-order valence-electron chi connectivity index (χ1n) is 15.4. The van der Waals surface area contributed by atoms with E-state index in [1.165, 1.54) is 4.90 Å². The summed E-state index contributed by atoms with van der Waals surface area (Å²) in [7, 11) is 0. The summed E-state index contributed by atoms with van der Waals surface area (Å²) in [6.45, 7) is 4.08. The third-order valence-electron chi connectivity index (χ3n) is 10.1. The van der Waals surface area contributed by atoms with E-state index in [1.54, 1.807) is 12.1 Å². The van der Waals surface area contributed by atoms with Crippen LogP contribution in [-0.2, 0) is 25.2 Å². The molecule has 1 saturated carbocycles. The van der Waals surface area contributed by atoms with E-state index in [4.69, 9.17) is 0 Å². The zero-order valence-electron chi connectivity index (χ0n) is 25.1. The van der Waals surface area contributed by atoms with E-state index in [0.29, 0.717) is 5.69 Å². The fourth-order valence-corrected chi connectivity index (χ4v) is 8.40. The van der Waals surface area contributed by atoms with E-state index >= 15 is 4.79 Å². The standard InChI is InChI=1S/C41H31NO3/c1-26-18-22-28(23-19-26)33-34(29-24-20-27(2)21-25-29)41(31-14-8-4-9-15-31)36-35(40(33,39(41)45)30-12-6-3-7-13-30)37(43)42(38(36)44)32-16-10-5-11-17-32/h3-25,35-36H,1-2H3/t35-,36-,40+,41+/m0/s1. The normalized spacial score (nSPS) is 25.3. The largest absolute Gasteiger partial charge is 0.297 e. The fraction of sp³-hybridized carbons (Fsp3) is 0.146. The van der Waals surface area contributed by atoms with E-state index in [-0.39, 0.29) is 17.6 Å². The van der Waals surface area contributed by atoms with Crippen molar-refractivity contribution in [2.24, 2.45) is 11.8 Å². The molecule has 1 saturated heterocycles. The molecule has 2 amide bonds. The second-order valence-corrected chi connectivity index (χ2v) is 12.5. The van der Waals surface area contributed by atoms with Crippen molar-refractivity contribution in [3.05, 3.63) is 173 Å². The lowest BCUT2D eigenvalue weighted by atomic mass is 9.59. The summed E-state index contributed by atoms with van der Waals surface area (Å²) in [6.07, 6.45) is 0. The van der Waals surface area contributed by atoms with Crippen molar-refractivity contribution >= 4 is 34.4 Å². The highest BCUT2D eigenvalue weighted by Gasteiger charge is 2.82. The highest BCUT2D eigenvalue weighted by molar-refractivity contribution is 6.39. The van der Waals surface area contributed by atoms with Crippen molar-refractivity contribution in [2.45, 2.75) is 24.7 Å². The van der Waals surface area contributed by atoms with Crippen LogP contribution in [0.4, 0.5) is 5.69 Å². The van der Waals surface area contributed by atoms with Crippen LogP contribution in [0.5, 0.6) is 0 Å². The van der Waals surface area contributed by atoms with Gasteiger partial charge in [-0.1, -0.05) is 139 Å². The minimum atomic E-state index is -1.40. The summed E-state index contributed by atoms with van der Waals surface area (Å²) >= 11 is 0. The van der Waals surface area contributed by atoms with Crippen LogP contribution >= 0.6 is 0 Å². The summed E-state index contributed by atoms with van der Waals surface area (Å²) < 4.78 is 0. The summed E-state index contributed by atoms with van der Waals surface area (Å²) in [5.74, 6) is -2.63. The number of amides is 2. The highest BCUT2D eigenvalue weighted by Crippen LogP contribution is 2.74. The third-order valence-corrected chi connectivity index (χ3v) is 10.1. The van der Waals surface area contributed by atoms with Crippen LogP contribution in [0.25, 0.3) is 11.1 Å². The van der Waals surface area contributed by atoms with Crippen LogP contribution in [0, 0.1) is 25.7 Å². The Labute approximate surface area is 262 Å². The van der Waals surface area contributed by atoms with Gasteiger partial charge in [0.2, 0.25) is 11.8 Å². The molecule has 4 atom stereocenters. The SMILES string of the molecule is Cc1ccc(C2=C(c3ccc(C)cc3)[C@@]3(c4ccccc4)C(=O)[C@@]2(c2ccccc2)[C@@H]2C(=O)N(c4ccccc4)C(=O)[C@H]23)cc1. The predicted molar refractivity (Wildman–Crippen MR) is 176 cm³/mol. The number of ketones is 1. The number of allylic oxidation sites excluding steroid dienone is 2. The van der Waals surface area contributed by atoms with Gasteiger partial charge < -0.3 is 0 Å². The van der Waals surface area contributed by atoms with E-state index in [2.05, 4.69) is 48.5 Å². The third kappa shape index (κ3) is 3.45. The molecule has 0 unspecified atom stereocenters. The van der Waals surface area contributed by atoms with Crippen LogP contribution < -0.4 is 4.90 Å². The number of benzene rings is 5. The Bertz CT molecular complexity index is 1890. The predicted octanol–water partition coefficient (Wildman–Crippen LogP) is 7.49.